The topological polar surface area (TPSA) is 380 Å². The van der Waals surface area contributed by atoms with E-state index in [9.17, 15) is 48.9 Å². The van der Waals surface area contributed by atoms with Gasteiger partial charge in [-0.25, -0.2) is 4.79 Å². The van der Waals surface area contributed by atoms with Crippen molar-refractivity contribution in [1.29, 1.82) is 0 Å². The molecule has 1 saturated heterocycles. The molecule has 0 unspecified atom stereocenters. The van der Waals surface area contributed by atoms with Crippen LogP contribution in [-0.4, -0.2) is 125 Å². The summed E-state index contributed by atoms with van der Waals surface area (Å²) in [5.41, 5.74) is 21.6. The van der Waals surface area contributed by atoms with Gasteiger partial charge in [-0.15, -0.1) is 0 Å². The minimum absolute atomic E-state index is 0.0422. The van der Waals surface area contributed by atoms with Crippen molar-refractivity contribution in [2.24, 2.45) is 22.9 Å². The van der Waals surface area contributed by atoms with Crippen LogP contribution in [-0.2, 0) is 28.8 Å². The van der Waals surface area contributed by atoms with E-state index in [0.717, 1.165) is 0 Å². The number of carbonyl (C=O) groups is 7. The maximum atomic E-state index is 13.6. The number of rotatable bonds is 10. The van der Waals surface area contributed by atoms with Crippen LogP contribution in [0.2, 0.25) is 0 Å². The number of primary amides is 1. The van der Waals surface area contributed by atoms with Gasteiger partial charge in [0.25, 0.3) is 5.91 Å². The van der Waals surface area contributed by atoms with E-state index < -0.39 is 109 Å². The molecule has 19 N–H and O–H groups in total. The predicted molar refractivity (Wildman–Crippen MR) is 165 cm³/mol. The van der Waals surface area contributed by atoms with Crippen LogP contribution in [0.25, 0.3) is 0 Å². The molecule has 0 saturated carbocycles. The molecule has 0 radical (unpaired) electrons. The number of amides is 8. The van der Waals surface area contributed by atoms with Crippen LogP contribution >= 0.6 is 0 Å². The highest BCUT2D eigenvalue weighted by molar-refractivity contribution is 6.02. The smallest absolute Gasteiger partial charge is 0.316 e. The summed E-state index contributed by atoms with van der Waals surface area (Å²) in [7, 11) is 0. The van der Waals surface area contributed by atoms with Crippen LogP contribution in [0.15, 0.2) is 23.8 Å². The van der Waals surface area contributed by atoms with Crippen molar-refractivity contribution in [2.75, 3.05) is 26.3 Å². The van der Waals surface area contributed by atoms with E-state index >= 15 is 0 Å². The Balaban J connectivity index is 2.54. The van der Waals surface area contributed by atoms with Gasteiger partial charge in [0, 0.05) is 25.2 Å². The average molecular weight is 685 g/mol. The van der Waals surface area contributed by atoms with E-state index in [1.54, 1.807) is 0 Å². The van der Waals surface area contributed by atoms with E-state index in [0.29, 0.717) is 25.6 Å². The summed E-state index contributed by atoms with van der Waals surface area (Å²) >= 11 is 0. The van der Waals surface area contributed by atoms with E-state index in [1.165, 1.54) is 6.08 Å². The second-order valence-corrected chi connectivity index (χ2v) is 10.9. The summed E-state index contributed by atoms with van der Waals surface area (Å²) < 4.78 is 0. The van der Waals surface area contributed by atoms with Crippen LogP contribution in [0.1, 0.15) is 25.7 Å². The van der Waals surface area contributed by atoms with Crippen molar-refractivity contribution in [3.8, 4) is 0 Å². The minimum atomic E-state index is -1.77. The Morgan fingerprint density at radius 3 is 2.23 bits per heavy atom. The Morgan fingerprint density at radius 2 is 1.62 bits per heavy atom. The largest absolute Gasteiger partial charge is 0.394 e. The molecule has 2 aliphatic rings. The lowest BCUT2D eigenvalue weighted by Crippen LogP contribution is -2.64. The fourth-order valence-electron chi connectivity index (χ4n) is 4.59. The highest BCUT2D eigenvalue weighted by atomic mass is 16.3. The number of urea groups is 1. The molecule has 2 rings (SSSR count). The standard InChI is InChI=1S/C26H44N12O10/c27-3-1-2-11(28)4-19(42)34-14-7-31-25(47)20(13-5-12(41)6-18(29)33-13)38-22(44)15(8-32-26(30)48)35-23(45)16(9-39)37-24(46)17(10-40)36-21(14)43/h6,8,11-14,16-17,20,33,39-41H,1-5,7,9-10,27-29H2,(H,31,47)(H,34,42)(H,35,45)(H,36,43)(H,37,46)(H,38,44)(H3,30,32,48)/t11-,12-,13+,14-,16-,17-,20-/m0/s1. The number of hydrogen-bond acceptors (Lipinski definition) is 14. The van der Waals surface area contributed by atoms with Crippen molar-refractivity contribution in [1.82, 2.24) is 42.5 Å². The monoisotopic (exact) mass is 684 g/mol. The minimum Gasteiger partial charge on any atom is -0.394 e. The molecule has 7 atom stereocenters. The molecule has 22 nitrogen and oxygen atoms in total. The second kappa shape index (κ2) is 19.0. The normalized spacial score (nSPS) is 27.6. The summed E-state index contributed by atoms with van der Waals surface area (Å²) in [5.74, 6) is -6.32. The third-order valence-electron chi connectivity index (χ3n) is 7.04. The summed E-state index contributed by atoms with van der Waals surface area (Å²) in [4.78, 5) is 90.3. The molecule has 8 amide bonds. The fraction of sp³-hybridized carbons (Fsp3) is 0.577. The van der Waals surface area contributed by atoms with Crippen LogP contribution in [0.5, 0.6) is 0 Å². The Morgan fingerprint density at radius 1 is 0.979 bits per heavy atom. The Kier molecular flexibility index (Phi) is 15.5. The number of aliphatic hydroxyl groups excluding tert-OH is 3. The molecule has 0 aliphatic carbocycles. The molecule has 2 aliphatic heterocycles. The maximum absolute atomic E-state index is 13.6. The lowest BCUT2D eigenvalue weighted by molar-refractivity contribution is -0.135. The van der Waals surface area contributed by atoms with E-state index in [2.05, 4.69) is 37.2 Å². The van der Waals surface area contributed by atoms with Crippen LogP contribution in [0.4, 0.5) is 4.79 Å². The van der Waals surface area contributed by atoms with Gasteiger partial charge >= 0.3 is 6.03 Å². The zero-order valence-electron chi connectivity index (χ0n) is 25.9. The van der Waals surface area contributed by atoms with Crippen molar-refractivity contribution in [3.05, 3.63) is 23.8 Å². The summed E-state index contributed by atoms with van der Waals surface area (Å²) in [5, 5.41) is 48.2. The highest BCUT2D eigenvalue weighted by Gasteiger charge is 2.37. The molecule has 0 aromatic rings. The molecule has 0 spiro atoms. The third kappa shape index (κ3) is 12.3. The van der Waals surface area contributed by atoms with E-state index in [1.807, 2.05) is 5.32 Å². The SMILES string of the molecule is NCCC[C@H](N)CC(=O)N[C@H]1CNC(=O)[C@H]([C@H]2C[C@H](O)C=C(N)N2)NC(=O)C(=CNC(N)=O)NC(=O)[C@H](CO)NC(=O)[C@H](CO)NC1=O. The first-order chi connectivity index (χ1) is 22.7. The van der Waals surface area contributed by atoms with Crippen LogP contribution in [0.3, 0.4) is 0 Å². The third-order valence-corrected chi connectivity index (χ3v) is 7.04. The number of hydrogen-bond donors (Lipinski definition) is 15. The molecule has 2 heterocycles. The lowest BCUT2D eigenvalue weighted by atomic mass is 9.97. The molecule has 48 heavy (non-hydrogen) atoms. The molecule has 0 aromatic carbocycles. The Bertz CT molecular complexity index is 1280. The van der Waals surface area contributed by atoms with Crippen molar-refractivity contribution >= 4 is 41.5 Å². The number of nitrogens with one attached hydrogen (secondary N) is 8. The van der Waals surface area contributed by atoms with Crippen LogP contribution in [0, 0.1) is 0 Å². The zero-order valence-corrected chi connectivity index (χ0v) is 25.9. The van der Waals surface area contributed by atoms with Gasteiger partial charge in [0.05, 0.1) is 31.2 Å². The average Bonchev–Trinajstić information content (AvgIpc) is 3.02. The Labute approximate surface area is 274 Å². The summed E-state index contributed by atoms with van der Waals surface area (Å²) in [6.45, 7) is -2.33. The molecule has 22 heteroatoms. The molecule has 268 valence electrons. The van der Waals surface area contributed by atoms with Gasteiger partial charge in [0.15, 0.2) is 0 Å². The molecular formula is C26H44N12O10. The zero-order chi connectivity index (χ0) is 36.0. The highest BCUT2D eigenvalue weighted by Crippen LogP contribution is 2.13. The van der Waals surface area contributed by atoms with Crippen molar-refractivity contribution in [3.63, 3.8) is 0 Å². The van der Waals surface area contributed by atoms with Gasteiger partial charge in [-0.1, -0.05) is 0 Å². The van der Waals surface area contributed by atoms with Crippen LogP contribution < -0.4 is 65.5 Å². The number of carbonyl (C=O) groups excluding carboxylic acids is 7. The maximum Gasteiger partial charge on any atom is 0.316 e. The van der Waals surface area contributed by atoms with Gasteiger partial charge in [0.2, 0.25) is 29.5 Å². The van der Waals surface area contributed by atoms with Gasteiger partial charge in [-0.05, 0) is 31.9 Å². The van der Waals surface area contributed by atoms with E-state index in [4.69, 9.17) is 22.9 Å². The predicted octanol–water partition coefficient (Wildman–Crippen LogP) is -8.35. The number of aliphatic hydroxyl groups is 3. The fourth-order valence-corrected chi connectivity index (χ4v) is 4.59. The van der Waals surface area contributed by atoms with Crippen molar-refractivity contribution in [2.45, 2.75) is 68.0 Å². The molecular weight excluding hydrogens is 640 g/mol. The molecule has 0 aromatic heterocycles. The number of nitrogens with two attached hydrogens (primary N) is 4. The van der Waals surface area contributed by atoms with Gasteiger partial charge < -0.3 is 80.8 Å². The second-order valence-electron chi connectivity index (χ2n) is 10.9. The first-order valence-electron chi connectivity index (χ1n) is 14.8. The Hall–Kier alpha value is -5.03. The van der Waals surface area contributed by atoms with Gasteiger partial charge in [-0.2, -0.15) is 0 Å². The first kappa shape index (κ1) is 39.1. The quantitative estimate of drug-likeness (QED) is 0.0951. The molecule has 0 bridgehead atoms. The molecule has 1 fully saturated rings. The lowest BCUT2D eigenvalue weighted by Gasteiger charge is -2.33. The van der Waals surface area contributed by atoms with Gasteiger partial charge in [-0.3, -0.25) is 28.8 Å². The first-order valence-corrected chi connectivity index (χ1v) is 14.8. The van der Waals surface area contributed by atoms with Gasteiger partial charge in [0.1, 0.15) is 29.9 Å². The summed E-state index contributed by atoms with van der Waals surface area (Å²) in [6.07, 6.45) is 1.30. The van der Waals surface area contributed by atoms with Crippen molar-refractivity contribution < 1.29 is 48.9 Å². The summed E-state index contributed by atoms with van der Waals surface area (Å²) in [6, 6.07) is -9.52. The van der Waals surface area contributed by atoms with E-state index in [-0.39, 0.29) is 18.7 Å².